The molecule has 1 heterocycles. The highest BCUT2D eigenvalue weighted by atomic mass is 32.1. The molecule has 5 nitrogen and oxygen atoms in total. The summed E-state index contributed by atoms with van der Waals surface area (Å²) in [7, 11) is 0. The molecule has 0 aliphatic rings. The van der Waals surface area contributed by atoms with Crippen LogP contribution in [-0.4, -0.2) is 32.4 Å². The molecule has 0 unspecified atom stereocenters. The fraction of sp³-hybridized carbons (Fsp3) is 0.500. The number of carbonyl (C=O) groups is 1. The molecule has 1 amide bonds. The maximum atomic E-state index is 11.2. The fourth-order valence-corrected chi connectivity index (χ4v) is 1.02. The van der Waals surface area contributed by atoms with Crippen molar-refractivity contribution in [2.45, 2.75) is 13.0 Å². The lowest BCUT2D eigenvalue weighted by Crippen LogP contribution is -2.35. The van der Waals surface area contributed by atoms with Gasteiger partial charge in [0.15, 0.2) is 5.69 Å². The lowest BCUT2D eigenvalue weighted by atomic mass is 10.3. The van der Waals surface area contributed by atoms with Gasteiger partial charge in [0.25, 0.3) is 5.91 Å². The second-order valence-corrected chi connectivity index (χ2v) is 2.91. The van der Waals surface area contributed by atoms with Gasteiger partial charge in [-0.05, 0) is 6.92 Å². The number of hydrogen-bond donors (Lipinski definition) is 2. The number of aromatic nitrogens is 2. The smallest absolute Gasteiger partial charge is 0.272 e. The Balaban J connectivity index is 2.50. The molecule has 0 fully saturated rings. The van der Waals surface area contributed by atoms with Crippen molar-refractivity contribution in [2.24, 2.45) is 0 Å². The van der Waals surface area contributed by atoms with Crippen LogP contribution >= 0.6 is 11.7 Å². The van der Waals surface area contributed by atoms with Crippen LogP contribution in [-0.2, 0) is 0 Å². The monoisotopic (exact) mass is 187 g/mol. The Hall–Kier alpha value is -1.01. The van der Waals surface area contributed by atoms with E-state index in [2.05, 4.69) is 14.1 Å². The summed E-state index contributed by atoms with van der Waals surface area (Å²) in [6.45, 7) is 1.63. The number of rotatable bonds is 3. The van der Waals surface area contributed by atoms with E-state index < -0.39 is 0 Å². The SMILES string of the molecule is C[C@@H](CO)NC(=O)c1cnsn1. The van der Waals surface area contributed by atoms with Crippen LogP contribution in [0.5, 0.6) is 0 Å². The molecule has 2 N–H and O–H groups in total. The van der Waals surface area contributed by atoms with Gasteiger partial charge in [0.05, 0.1) is 24.5 Å². The normalized spacial score (nSPS) is 12.5. The van der Waals surface area contributed by atoms with E-state index in [1.807, 2.05) is 0 Å². The van der Waals surface area contributed by atoms with E-state index >= 15 is 0 Å². The number of hydrogen-bond acceptors (Lipinski definition) is 5. The van der Waals surface area contributed by atoms with E-state index in [0.29, 0.717) is 5.69 Å². The van der Waals surface area contributed by atoms with E-state index in [-0.39, 0.29) is 18.6 Å². The van der Waals surface area contributed by atoms with Crippen molar-refractivity contribution < 1.29 is 9.90 Å². The fourth-order valence-electron chi connectivity index (χ4n) is 0.608. The summed E-state index contributed by atoms with van der Waals surface area (Å²) in [5.74, 6) is -0.301. The van der Waals surface area contributed by atoms with E-state index in [4.69, 9.17) is 5.11 Å². The van der Waals surface area contributed by atoms with Crippen LogP contribution in [0.2, 0.25) is 0 Å². The lowest BCUT2D eigenvalue weighted by Gasteiger charge is -2.07. The molecule has 6 heteroatoms. The molecule has 12 heavy (non-hydrogen) atoms. The molecule has 0 aliphatic carbocycles. The maximum absolute atomic E-state index is 11.2. The van der Waals surface area contributed by atoms with Crippen molar-refractivity contribution in [3.05, 3.63) is 11.9 Å². The Kier molecular flexibility index (Phi) is 3.12. The quantitative estimate of drug-likeness (QED) is 0.678. The molecule has 1 aromatic rings. The number of nitrogens with one attached hydrogen (secondary N) is 1. The Labute approximate surface area is 73.8 Å². The first-order valence-corrected chi connectivity index (χ1v) is 4.16. The zero-order valence-electron chi connectivity index (χ0n) is 6.52. The molecular weight excluding hydrogens is 178 g/mol. The summed E-state index contributed by atoms with van der Waals surface area (Å²) in [6.07, 6.45) is 1.39. The van der Waals surface area contributed by atoms with Gasteiger partial charge in [-0.2, -0.15) is 8.75 Å². The van der Waals surface area contributed by atoms with Crippen molar-refractivity contribution in [1.82, 2.24) is 14.1 Å². The molecule has 66 valence electrons. The molecule has 0 aliphatic heterocycles. The number of amides is 1. The molecule has 0 aromatic carbocycles. The zero-order valence-corrected chi connectivity index (χ0v) is 7.34. The Morgan fingerprint density at radius 3 is 3.17 bits per heavy atom. The maximum Gasteiger partial charge on any atom is 0.272 e. The van der Waals surface area contributed by atoms with E-state index in [1.165, 1.54) is 6.20 Å². The topological polar surface area (TPSA) is 75.1 Å². The second kappa shape index (κ2) is 4.13. The third-order valence-corrected chi connectivity index (χ3v) is 1.72. The number of aliphatic hydroxyl groups is 1. The minimum absolute atomic E-state index is 0.0801. The molecule has 1 rings (SSSR count). The van der Waals surface area contributed by atoms with Gasteiger partial charge in [0.1, 0.15) is 0 Å². The average molecular weight is 187 g/mol. The predicted molar refractivity (Wildman–Crippen MR) is 43.9 cm³/mol. The van der Waals surface area contributed by atoms with Crippen molar-refractivity contribution in [3.63, 3.8) is 0 Å². The molecule has 0 saturated carbocycles. The highest BCUT2D eigenvalue weighted by Crippen LogP contribution is 1.95. The van der Waals surface area contributed by atoms with Crippen molar-refractivity contribution in [1.29, 1.82) is 0 Å². The average Bonchev–Trinajstić information content (AvgIpc) is 2.56. The van der Waals surface area contributed by atoms with Crippen molar-refractivity contribution in [3.8, 4) is 0 Å². The number of aliphatic hydroxyl groups excluding tert-OH is 1. The van der Waals surface area contributed by atoms with E-state index in [1.54, 1.807) is 6.92 Å². The summed E-state index contributed by atoms with van der Waals surface area (Å²) < 4.78 is 7.42. The van der Waals surface area contributed by atoms with Gasteiger partial charge in [-0.25, -0.2) is 0 Å². The Morgan fingerprint density at radius 2 is 2.67 bits per heavy atom. The predicted octanol–water partition coefficient (Wildman–Crippen LogP) is -0.351. The zero-order chi connectivity index (χ0) is 8.97. The first-order valence-electron chi connectivity index (χ1n) is 3.43. The van der Waals surface area contributed by atoms with E-state index in [0.717, 1.165) is 11.7 Å². The molecule has 0 radical (unpaired) electrons. The molecule has 1 aromatic heterocycles. The van der Waals surface area contributed by atoms with Gasteiger partial charge in [0, 0.05) is 6.04 Å². The number of carbonyl (C=O) groups excluding carboxylic acids is 1. The lowest BCUT2D eigenvalue weighted by molar-refractivity contribution is 0.0918. The highest BCUT2D eigenvalue weighted by molar-refractivity contribution is 6.99. The Morgan fingerprint density at radius 1 is 1.92 bits per heavy atom. The molecule has 0 saturated heterocycles. The summed E-state index contributed by atoms with van der Waals surface area (Å²) in [5.41, 5.74) is 0.292. The van der Waals surface area contributed by atoms with Crippen LogP contribution in [0.4, 0.5) is 0 Å². The van der Waals surface area contributed by atoms with Gasteiger partial charge < -0.3 is 10.4 Å². The minimum atomic E-state index is -0.301. The Bertz CT molecular complexity index is 249. The summed E-state index contributed by atoms with van der Waals surface area (Å²) in [5, 5.41) is 11.2. The van der Waals surface area contributed by atoms with Crippen LogP contribution in [0, 0.1) is 0 Å². The molecule has 0 bridgehead atoms. The highest BCUT2D eigenvalue weighted by Gasteiger charge is 2.10. The van der Waals surface area contributed by atoms with Gasteiger partial charge in [-0.1, -0.05) is 0 Å². The van der Waals surface area contributed by atoms with Crippen LogP contribution in [0.1, 0.15) is 17.4 Å². The van der Waals surface area contributed by atoms with E-state index in [9.17, 15) is 4.79 Å². The number of nitrogens with zero attached hydrogens (tertiary/aromatic N) is 2. The third kappa shape index (κ3) is 2.24. The summed E-state index contributed by atoms with van der Waals surface area (Å²) in [4.78, 5) is 11.2. The van der Waals surface area contributed by atoms with Crippen LogP contribution in [0.3, 0.4) is 0 Å². The first-order chi connectivity index (χ1) is 5.74. The van der Waals surface area contributed by atoms with Gasteiger partial charge in [-0.15, -0.1) is 0 Å². The third-order valence-electron chi connectivity index (χ3n) is 1.25. The minimum Gasteiger partial charge on any atom is -0.394 e. The summed E-state index contributed by atoms with van der Waals surface area (Å²) in [6, 6.07) is -0.251. The van der Waals surface area contributed by atoms with Gasteiger partial charge >= 0.3 is 0 Å². The standard InChI is InChI=1S/C6H9N3O2S/c1-4(3-10)8-6(11)5-2-7-12-9-5/h2,4,10H,3H2,1H3,(H,8,11)/t4-/m0/s1. The van der Waals surface area contributed by atoms with Crippen LogP contribution in [0.15, 0.2) is 6.20 Å². The molecular formula is C6H9N3O2S. The first kappa shape index (κ1) is 9.08. The van der Waals surface area contributed by atoms with Gasteiger partial charge in [0.2, 0.25) is 0 Å². The van der Waals surface area contributed by atoms with Crippen LogP contribution < -0.4 is 5.32 Å². The van der Waals surface area contributed by atoms with Gasteiger partial charge in [-0.3, -0.25) is 4.79 Å². The molecule has 0 spiro atoms. The largest absolute Gasteiger partial charge is 0.394 e. The van der Waals surface area contributed by atoms with Crippen molar-refractivity contribution >= 4 is 17.6 Å². The van der Waals surface area contributed by atoms with Crippen molar-refractivity contribution in [2.75, 3.05) is 6.61 Å². The molecule has 1 atom stereocenters. The second-order valence-electron chi connectivity index (χ2n) is 2.35. The van der Waals surface area contributed by atoms with Crippen LogP contribution in [0.25, 0.3) is 0 Å². The summed E-state index contributed by atoms with van der Waals surface area (Å²) >= 11 is 0.979.